The minimum absolute atomic E-state index is 0.156. The number of hydrogen-bond acceptors (Lipinski definition) is 4. The molecule has 1 saturated heterocycles. The Morgan fingerprint density at radius 3 is 2.42 bits per heavy atom. The molecule has 0 spiro atoms. The number of benzene rings is 2. The SMILES string of the molecule is CC(C(=O)N1CCN(c2cccc(Cl)c2)CC1)n1nc(-c2ccc(F)cc2)ccc1=O. The van der Waals surface area contributed by atoms with Gasteiger partial charge in [-0.1, -0.05) is 17.7 Å². The predicted octanol–water partition coefficient (Wildman–Crippen LogP) is 3.61. The van der Waals surface area contributed by atoms with Gasteiger partial charge in [0.2, 0.25) is 5.91 Å². The van der Waals surface area contributed by atoms with Gasteiger partial charge in [0.05, 0.1) is 5.69 Å². The van der Waals surface area contributed by atoms with Crippen LogP contribution in [-0.4, -0.2) is 46.8 Å². The Bertz CT molecular complexity index is 1140. The van der Waals surface area contributed by atoms with Gasteiger partial charge in [-0.25, -0.2) is 9.07 Å². The maximum Gasteiger partial charge on any atom is 0.267 e. The largest absolute Gasteiger partial charge is 0.368 e. The van der Waals surface area contributed by atoms with Gasteiger partial charge in [-0.3, -0.25) is 9.59 Å². The number of halogens is 2. The Morgan fingerprint density at radius 2 is 1.74 bits per heavy atom. The van der Waals surface area contributed by atoms with E-state index in [1.807, 2.05) is 24.3 Å². The average Bonchev–Trinajstić information content (AvgIpc) is 2.79. The highest BCUT2D eigenvalue weighted by atomic mass is 35.5. The zero-order valence-electron chi connectivity index (χ0n) is 17.0. The zero-order valence-corrected chi connectivity index (χ0v) is 17.8. The molecule has 31 heavy (non-hydrogen) atoms. The van der Waals surface area contributed by atoms with Crippen molar-refractivity contribution in [2.45, 2.75) is 13.0 Å². The highest BCUT2D eigenvalue weighted by Gasteiger charge is 2.27. The first-order chi connectivity index (χ1) is 14.9. The minimum Gasteiger partial charge on any atom is -0.368 e. The number of piperazine rings is 1. The van der Waals surface area contributed by atoms with Crippen molar-refractivity contribution in [1.29, 1.82) is 0 Å². The third-order valence-electron chi connectivity index (χ3n) is 5.45. The van der Waals surface area contributed by atoms with Crippen molar-refractivity contribution in [1.82, 2.24) is 14.7 Å². The lowest BCUT2D eigenvalue weighted by Crippen LogP contribution is -2.51. The molecule has 2 heterocycles. The minimum atomic E-state index is -0.745. The Hall–Kier alpha value is -3.19. The molecule has 4 rings (SSSR count). The monoisotopic (exact) mass is 440 g/mol. The van der Waals surface area contributed by atoms with Crippen LogP contribution in [0, 0.1) is 5.82 Å². The lowest BCUT2D eigenvalue weighted by atomic mass is 10.1. The molecule has 160 valence electrons. The summed E-state index contributed by atoms with van der Waals surface area (Å²) in [6, 6.07) is 15.7. The molecule has 1 fully saturated rings. The number of anilines is 1. The molecule has 0 bridgehead atoms. The average molecular weight is 441 g/mol. The van der Waals surface area contributed by atoms with Crippen LogP contribution in [0.15, 0.2) is 65.5 Å². The quantitative estimate of drug-likeness (QED) is 0.622. The zero-order chi connectivity index (χ0) is 22.0. The van der Waals surface area contributed by atoms with Gasteiger partial charge in [0.1, 0.15) is 11.9 Å². The van der Waals surface area contributed by atoms with Gasteiger partial charge < -0.3 is 9.80 Å². The third-order valence-corrected chi connectivity index (χ3v) is 5.69. The molecule has 1 aliphatic rings. The predicted molar refractivity (Wildman–Crippen MR) is 119 cm³/mol. The number of aromatic nitrogens is 2. The molecule has 0 N–H and O–H groups in total. The second-order valence-corrected chi connectivity index (χ2v) is 7.91. The van der Waals surface area contributed by atoms with Crippen LogP contribution in [0.4, 0.5) is 10.1 Å². The summed E-state index contributed by atoms with van der Waals surface area (Å²) in [5, 5.41) is 5.05. The highest BCUT2D eigenvalue weighted by Crippen LogP contribution is 2.22. The van der Waals surface area contributed by atoms with E-state index in [1.54, 1.807) is 30.0 Å². The molecule has 2 aromatic carbocycles. The van der Waals surface area contributed by atoms with Crippen molar-refractivity contribution in [2.24, 2.45) is 0 Å². The van der Waals surface area contributed by atoms with Crippen molar-refractivity contribution in [3.63, 3.8) is 0 Å². The molecule has 1 aromatic heterocycles. The van der Waals surface area contributed by atoms with Crippen LogP contribution in [0.1, 0.15) is 13.0 Å². The van der Waals surface area contributed by atoms with Crippen LogP contribution >= 0.6 is 11.6 Å². The summed E-state index contributed by atoms with van der Waals surface area (Å²) in [7, 11) is 0. The fraction of sp³-hybridized carbons (Fsp3) is 0.261. The highest BCUT2D eigenvalue weighted by molar-refractivity contribution is 6.30. The van der Waals surface area contributed by atoms with Crippen LogP contribution in [0.25, 0.3) is 11.3 Å². The Kier molecular flexibility index (Phi) is 6.04. The van der Waals surface area contributed by atoms with Crippen LogP contribution < -0.4 is 10.5 Å². The first-order valence-corrected chi connectivity index (χ1v) is 10.5. The summed E-state index contributed by atoms with van der Waals surface area (Å²) < 4.78 is 14.4. The van der Waals surface area contributed by atoms with Crippen molar-refractivity contribution < 1.29 is 9.18 Å². The Labute approximate surface area is 184 Å². The van der Waals surface area contributed by atoms with E-state index >= 15 is 0 Å². The standard InChI is InChI=1S/C23H22ClFN4O2/c1-16(29-22(30)10-9-21(26-29)17-5-7-19(25)8-6-17)23(31)28-13-11-27(12-14-28)20-4-2-3-18(24)15-20/h2-10,15-16H,11-14H2,1H3. The van der Waals surface area contributed by atoms with Gasteiger partial charge in [-0.15, -0.1) is 0 Å². The smallest absolute Gasteiger partial charge is 0.267 e. The fourth-order valence-corrected chi connectivity index (χ4v) is 3.89. The first-order valence-electron chi connectivity index (χ1n) is 10.1. The molecule has 0 saturated carbocycles. The van der Waals surface area contributed by atoms with E-state index < -0.39 is 6.04 Å². The number of rotatable bonds is 4. The number of carbonyl (C=O) groups is 1. The number of carbonyl (C=O) groups excluding carboxylic acids is 1. The van der Waals surface area contributed by atoms with Gasteiger partial charge in [0.15, 0.2) is 0 Å². The van der Waals surface area contributed by atoms with Crippen LogP contribution in [0.2, 0.25) is 5.02 Å². The number of nitrogens with zero attached hydrogens (tertiary/aromatic N) is 4. The molecule has 3 aromatic rings. The molecule has 1 amide bonds. The van der Waals surface area contributed by atoms with E-state index in [0.717, 1.165) is 5.69 Å². The van der Waals surface area contributed by atoms with E-state index in [4.69, 9.17) is 11.6 Å². The van der Waals surface area contributed by atoms with Crippen LogP contribution in [0.3, 0.4) is 0 Å². The maximum atomic E-state index is 13.2. The summed E-state index contributed by atoms with van der Waals surface area (Å²) in [4.78, 5) is 29.4. The molecule has 1 aliphatic heterocycles. The molecule has 0 radical (unpaired) electrons. The van der Waals surface area contributed by atoms with Crippen LogP contribution in [-0.2, 0) is 4.79 Å². The molecule has 0 aliphatic carbocycles. The Balaban J connectivity index is 1.48. The molecular formula is C23H22ClFN4O2. The van der Waals surface area contributed by atoms with Crippen molar-refractivity contribution in [3.05, 3.63) is 81.9 Å². The maximum absolute atomic E-state index is 13.2. The van der Waals surface area contributed by atoms with Gasteiger partial charge in [-0.05, 0) is 55.5 Å². The summed E-state index contributed by atoms with van der Waals surface area (Å²) in [6.07, 6.45) is 0. The topological polar surface area (TPSA) is 58.4 Å². The normalized spacial score (nSPS) is 15.1. The van der Waals surface area contributed by atoms with Gasteiger partial charge >= 0.3 is 0 Å². The van der Waals surface area contributed by atoms with E-state index in [1.165, 1.54) is 22.9 Å². The summed E-state index contributed by atoms with van der Waals surface area (Å²) in [5.74, 6) is -0.505. The van der Waals surface area contributed by atoms with Gasteiger partial charge in [-0.2, -0.15) is 5.10 Å². The van der Waals surface area contributed by atoms with Gasteiger partial charge in [0.25, 0.3) is 5.56 Å². The first kappa shape index (κ1) is 21.1. The fourth-order valence-electron chi connectivity index (χ4n) is 3.70. The molecular weight excluding hydrogens is 419 g/mol. The Morgan fingerprint density at radius 1 is 1.03 bits per heavy atom. The van der Waals surface area contributed by atoms with Gasteiger partial charge in [0, 0.05) is 48.5 Å². The van der Waals surface area contributed by atoms with Crippen LogP contribution in [0.5, 0.6) is 0 Å². The van der Waals surface area contributed by atoms with Crippen molar-refractivity contribution in [2.75, 3.05) is 31.1 Å². The second kappa shape index (κ2) is 8.89. The molecule has 8 heteroatoms. The van der Waals surface area contributed by atoms with Crippen molar-refractivity contribution in [3.8, 4) is 11.3 Å². The second-order valence-electron chi connectivity index (χ2n) is 7.48. The molecule has 1 atom stereocenters. The number of amides is 1. The van der Waals surface area contributed by atoms with Crippen molar-refractivity contribution >= 4 is 23.2 Å². The van der Waals surface area contributed by atoms with E-state index in [2.05, 4.69) is 10.00 Å². The third kappa shape index (κ3) is 4.61. The lowest BCUT2D eigenvalue weighted by molar-refractivity contribution is -0.135. The molecule has 1 unspecified atom stereocenters. The summed E-state index contributed by atoms with van der Waals surface area (Å²) in [6.45, 7) is 4.12. The van der Waals surface area contributed by atoms with E-state index in [9.17, 15) is 14.0 Å². The van der Waals surface area contributed by atoms with E-state index in [-0.39, 0.29) is 17.3 Å². The lowest BCUT2D eigenvalue weighted by Gasteiger charge is -2.37. The van der Waals surface area contributed by atoms with E-state index in [0.29, 0.717) is 42.5 Å². The molecule has 6 nitrogen and oxygen atoms in total. The summed E-state index contributed by atoms with van der Waals surface area (Å²) >= 11 is 6.08. The summed E-state index contributed by atoms with van der Waals surface area (Å²) in [5.41, 5.74) is 1.84. The number of hydrogen-bond donors (Lipinski definition) is 0.